The van der Waals surface area contributed by atoms with E-state index < -0.39 is 56.7 Å². The van der Waals surface area contributed by atoms with Crippen molar-refractivity contribution in [2.75, 3.05) is 18.9 Å². The maximum atomic E-state index is 13.9. The van der Waals surface area contributed by atoms with E-state index in [-0.39, 0.29) is 31.1 Å². The van der Waals surface area contributed by atoms with E-state index in [4.69, 9.17) is 9.47 Å². The molecule has 0 radical (unpaired) electrons. The van der Waals surface area contributed by atoms with Gasteiger partial charge in [0.05, 0.1) is 17.1 Å². The third-order valence-electron chi connectivity index (χ3n) is 9.33. The van der Waals surface area contributed by atoms with Crippen LogP contribution in [0.2, 0.25) is 0 Å². The van der Waals surface area contributed by atoms with Crippen LogP contribution in [0.25, 0.3) is 0 Å². The van der Waals surface area contributed by atoms with Gasteiger partial charge in [-0.1, -0.05) is 36.4 Å². The van der Waals surface area contributed by atoms with Crippen LogP contribution in [0.5, 0.6) is 11.5 Å². The summed E-state index contributed by atoms with van der Waals surface area (Å²) in [4.78, 5) is 55.5. The Morgan fingerprint density at radius 2 is 1.72 bits per heavy atom. The van der Waals surface area contributed by atoms with E-state index in [0.717, 1.165) is 19.3 Å². The molecule has 3 aliphatic carbocycles. The maximum Gasteiger partial charge on any atom is 0.411 e. The lowest BCUT2D eigenvalue weighted by molar-refractivity contribution is -0.140. The molecule has 13 heteroatoms. The molecule has 0 unspecified atom stereocenters. The van der Waals surface area contributed by atoms with Crippen molar-refractivity contribution in [1.29, 1.82) is 0 Å². The Kier molecular flexibility index (Phi) is 9.27. The van der Waals surface area contributed by atoms with Crippen molar-refractivity contribution >= 4 is 39.5 Å². The molecule has 2 aromatic carbocycles. The number of carbonyl (C=O) groups excluding carboxylic acids is 4. The molecular weight excluding hydrogens is 624 g/mol. The van der Waals surface area contributed by atoms with Gasteiger partial charge in [0.1, 0.15) is 23.1 Å². The van der Waals surface area contributed by atoms with Crippen LogP contribution in [0.15, 0.2) is 66.7 Å². The van der Waals surface area contributed by atoms with Crippen LogP contribution in [0, 0.1) is 17.8 Å². The Morgan fingerprint density at radius 1 is 0.979 bits per heavy atom. The molecule has 3 N–H and O–H groups in total. The number of rotatable bonds is 7. The van der Waals surface area contributed by atoms with Crippen LogP contribution >= 0.6 is 0 Å². The van der Waals surface area contributed by atoms with Gasteiger partial charge in [-0.05, 0) is 75.6 Å². The SMILES string of the molecule is CN1CCCC/C=C\[C@@H]2C[C@@]2(C(=O)NS(=O)(=O)C2CC2)NC(=O)[C@@H]2C[C@@H](OC(=O)Nc3cccc(Oc4ccccc4)c3)C[C@H]2C1=O. The van der Waals surface area contributed by atoms with Gasteiger partial charge in [0.25, 0.3) is 5.91 Å². The summed E-state index contributed by atoms with van der Waals surface area (Å²) >= 11 is 0. The van der Waals surface area contributed by atoms with E-state index in [0.29, 0.717) is 36.6 Å². The molecule has 0 saturated heterocycles. The molecule has 12 nitrogen and oxygen atoms in total. The third kappa shape index (κ3) is 7.61. The van der Waals surface area contributed by atoms with Crippen LogP contribution < -0.4 is 20.1 Å². The zero-order valence-electron chi connectivity index (χ0n) is 26.2. The molecule has 1 aliphatic heterocycles. The normalized spacial score (nSPS) is 28.5. The van der Waals surface area contributed by atoms with Gasteiger partial charge in [-0.25, -0.2) is 13.2 Å². The van der Waals surface area contributed by atoms with Crippen molar-refractivity contribution in [2.24, 2.45) is 17.8 Å². The number of fused-ring (bicyclic) bond motifs is 2. The van der Waals surface area contributed by atoms with Crippen molar-refractivity contribution in [3.8, 4) is 11.5 Å². The summed E-state index contributed by atoms with van der Waals surface area (Å²) in [5.41, 5.74) is -0.988. The number of amides is 4. The number of para-hydroxylation sites is 1. The molecule has 47 heavy (non-hydrogen) atoms. The summed E-state index contributed by atoms with van der Waals surface area (Å²) in [5, 5.41) is 4.94. The molecule has 250 valence electrons. The van der Waals surface area contributed by atoms with Gasteiger partial charge in [-0.15, -0.1) is 0 Å². The zero-order valence-corrected chi connectivity index (χ0v) is 27.0. The highest BCUT2D eigenvalue weighted by Gasteiger charge is 2.62. The van der Waals surface area contributed by atoms with Crippen molar-refractivity contribution in [1.82, 2.24) is 14.9 Å². The minimum Gasteiger partial charge on any atom is -0.457 e. The summed E-state index contributed by atoms with van der Waals surface area (Å²) < 4.78 is 39.0. The number of allylic oxidation sites excluding steroid dienone is 1. The van der Waals surface area contributed by atoms with Gasteiger partial charge < -0.3 is 19.7 Å². The highest BCUT2D eigenvalue weighted by atomic mass is 32.2. The first kappa shape index (κ1) is 32.5. The second-order valence-corrected chi connectivity index (χ2v) is 14.9. The zero-order chi connectivity index (χ0) is 33.2. The smallest absolute Gasteiger partial charge is 0.411 e. The number of carbonyl (C=O) groups is 4. The maximum absolute atomic E-state index is 13.9. The summed E-state index contributed by atoms with van der Waals surface area (Å²) in [7, 11) is -2.14. The lowest BCUT2D eigenvalue weighted by atomic mass is 9.93. The molecular formula is C34H40N4O8S. The molecule has 4 amide bonds. The van der Waals surface area contributed by atoms with Crippen molar-refractivity contribution in [3.63, 3.8) is 0 Å². The minimum atomic E-state index is -3.83. The fourth-order valence-corrected chi connectivity index (χ4v) is 7.82. The van der Waals surface area contributed by atoms with Gasteiger partial charge in [0.15, 0.2) is 0 Å². The van der Waals surface area contributed by atoms with Crippen LogP contribution in [0.1, 0.15) is 51.4 Å². The second-order valence-electron chi connectivity index (χ2n) is 12.9. The van der Waals surface area contributed by atoms with E-state index in [1.807, 2.05) is 42.5 Å². The van der Waals surface area contributed by atoms with E-state index in [1.54, 1.807) is 36.2 Å². The topological polar surface area (TPSA) is 160 Å². The monoisotopic (exact) mass is 664 g/mol. The number of benzene rings is 2. The van der Waals surface area contributed by atoms with Gasteiger partial charge >= 0.3 is 6.09 Å². The van der Waals surface area contributed by atoms with Crippen molar-refractivity contribution in [3.05, 3.63) is 66.7 Å². The third-order valence-corrected chi connectivity index (χ3v) is 11.1. The molecule has 3 fully saturated rings. The van der Waals surface area contributed by atoms with E-state index in [9.17, 15) is 27.6 Å². The molecule has 6 rings (SSSR count). The molecule has 2 aromatic rings. The van der Waals surface area contributed by atoms with Crippen molar-refractivity contribution < 1.29 is 37.1 Å². The Bertz CT molecular complexity index is 1660. The molecule has 0 bridgehead atoms. The summed E-state index contributed by atoms with van der Waals surface area (Å²) in [5.74, 6) is -2.43. The predicted molar refractivity (Wildman–Crippen MR) is 173 cm³/mol. The molecule has 0 aromatic heterocycles. The molecule has 4 aliphatic rings. The fraction of sp³-hybridized carbons (Fsp3) is 0.471. The predicted octanol–water partition coefficient (Wildman–Crippen LogP) is 4.10. The summed E-state index contributed by atoms with van der Waals surface area (Å²) in [6.45, 7) is 0.514. The van der Waals surface area contributed by atoms with Gasteiger partial charge in [-0.3, -0.25) is 24.4 Å². The first-order chi connectivity index (χ1) is 22.5. The number of ether oxygens (including phenoxy) is 2. The lowest BCUT2D eigenvalue weighted by Gasteiger charge is -2.26. The highest BCUT2D eigenvalue weighted by Crippen LogP contribution is 2.47. The Hall–Kier alpha value is -4.39. The van der Waals surface area contributed by atoms with E-state index in [1.165, 1.54) is 0 Å². The second kappa shape index (κ2) is 13.4. The first-order valence-electron chi connectivity index (χ1n) is 16.1. The number of hydrogen-bond donors (Lipinski definition) is 3. The van der Waals surface area contributed by atoms with Gasteiger partial charge in [0.2, 0.25) is 21.8 Å². The number of hydrogen-bond acceptors (Lipinski definition) is 8. The van der Waals surface area contributed by atoms with Gasteiger partial charge in [-0.2, -0.15) is 0 Å². The quantitative estimate of drug-likeness (QED) is 0.373. The lowest BCUT2D eigenvalue weighted by Crippen LogP contribution is -2.54. The van der Waals surface area contributed by atoms with Crippen LogP contribution in [0.3, 0.4) is 0 Å². The molecule has 5 atom stereocenters. The standard InChI is InChI=1S/C34H40N4O8S/c1-38-17-8-3-2-5-10-22-21-34(22,32(41)37-47(43,44)27-15-16-27)36-30(39)28-19-26(20-29(28)31(38)40)46-33(42)35-23-11-9-14-25(18-23)45-24-12-6-4-7-13-24/h4-7,9-14,18,22,26-29H,2-3,8,15-17,19-21H2,1H3,(H,35,42)(H,36,39)(H,37,41)/b10-5-/t22-,26-,28-,29-,34-/m1/s1. The van der Waals surface area contributed by atoms with Crippen molar-refractivity contribution in [2.45, 2.75) is 68.3 Å². The van der Waals surface area contributed by atoms with Crippen LogP contribution in [-0.2, 0) is 29.1 Å². The highest BCUT2D eigenvalue weighted by molar-refractivity contribution is 7.91. The molecule has 1 heterocycles. The number of nitrogens with zero attached hydrogens (tertiary/aromatic N) is 1. The Balaban J connectivity index is 1.16. The number of anilines is 1. The van der Waals surface area contributed by atoms with E-state index >= 15 is 0 Å². The number of nitrogens with one attached hydrogen (secondary N) is 3. The average Bonchev–Trinajstić information content (AvgIpc) is 3.96. The fourth-order valence-electron chi connectivity index (χ4n) is 6.45. The summed E-state index contributed by atoms with van der Waals surface area (Å²) in [6.07, 6.45) is 6.05. The van der Waals surface area contributed by atoms with Crippen LogP contribution in [-0.4, -0.2) is 67.6 Å². The van der Waals surface area contributed by atoms with Gasteiger partial charge in [0, 0.05) is 31.3 Å². The summed E-state index contributed by atoms with van der Waals surface area (Å²) in [6, 6.07) is 16.0. The Labute approximate surface area is 274 Å². The van der Waals surface area contributed by atoms with E-state index in [2.05, 4.69) is 15.4 Å². The molecule has 3 saturated carbocycles. The molecule has 0 spiro atoms. The largest absolute Gasteiger partial charge is 0.457 e. The number of sulfonamides is 1. The minimum absolute atomic E-state index is 0.0687. The van der Waals surface area contributed by atoms with Crippen LogP contribution in [0.4, 0.5) is 10.5 Å². The first-order valence-corrected chi connectivity index (χ1v) is 17.7. The Morgan fingerprint density at radius 3 is 2.49 bits per heavy atom. The average molecular weight is 665 g/mol.